The molecule has 1 aliphatic carbocycles. The molecule has 0 saturated carbocycles. The number of nitrogens with zero attached hydrogens (tertiary/aromatic N) is 1. The van der Waals surface area contributed by atoms with Crippen molar-refractivity contribution in [1.29, 1.82) is 0 Å². The molecule has 8 heteroatoms. The molecule has 8 nitrogen and oxygen atoms in total. The molecule has 132 valence electrons. The number of carbonyl (C=O) groups excluding carboxylic acids is 4. The van der Waals surface area contributed by atoms with Crippen LogP contribution < -0.4 is 16.0 Å². The first kappa shape index (κ1) is 16.9. The van der Waals surface area contributed by atoms with Gasteiger partial charge in [-0.25, -0.2) is 4.79 Å². The highest BCUT2D eigenvalue weighted by Crippen LogP contribution is 2.25. The molecular formula is C17H20N4O4. The normalized spacial score (nSPS) is 19.2. The standard InChI is InChI=1S/C17H20N4O4/c1-18-15(23)9-13-16(24)19-6-7-21(13)17(25)20-11-3-4-12-10(8-11)2-5-14(12)22/h3-4,8,13H,2,5-7,9H2,1H3,(H,18,23)(H,19,24)(H,20,25). The maximum Gasteiger partial charge on any atom is 0.322 e. The van der Waals surface area contributed by atoms with Crippen LogP contribution in [0.4, 0.5) is 10.5 Å². The molecule has 1 aliphatic heterocycles. The van der Waals surface area contributed by atoms with Crippen LogP contribution in [-0.2, 0) is 16.0 Å². The first-order valence-electron chi connectivity index (χ1n) is 8.21. The summed E-state index contributed by atoms with van der Waals surface area (Å²) in [5.74, 6) is -0.535. The van der Waals surface area contributed by atoms with Crippen LogP contribution >= 0.6 is 0 Å². The first-order chi connectivity index (χ1) is 12.0. The number of carbonyl (C=O) groups is 4. The number of urea groups is 1. The van der Waals surface area contributed by atoms with Crippen LogP contribution in [0.3, 0.4) is 0 Å². The number of benzene rings is 1. The van der Waals surface area contributed by atoms with Crippen molar-refractivity contribution in [1.82, 2.24) is 15.5 Å². The lowest BCUT2D eigenvalue weighted by Crippen LogP contribution is -2.59. The Bertz CT molecular complexity index is 746. The number of rotatable bonds is 3. The lowest BCUT2D eigenvalue weighted by molar-refractivity contribution is -0.132. The number of hydrogen-bond acceptors (Lipinski definition) is 4. The molecule has 3 rings (SSSR count). The van der Waals surface area contributed by atoms with E-state index < -0.39 is 12.1 Å². The van der Waals surface area contributed by atoms with Gasteiger partial charge in [0.15, 0.2) is 5.78 Å². The van der Waals surface area contributed by atoms with Crippen LogP contribution in [0.15, 0.2) is 18.2 Å². The minimum atomic E-state index is -0.843. The van der Waals surface area contributed by atoms with E-state index in [1.54, 1.807) is 18.2 Å². The van der Waals surface area contributed by atoms with Crippen molar-refractivity contribution in [3.63, 3.8) is 0 Å². The van der Waals surface area contributed by atoms with E-state index in [1.807, 2.05) is 0 Å². The van der Waals surface area contributed by atoms with E-state index in [4.69, 9.17) is 0 Å². The number of piperazine rings is 1. The van der Waals surface area contributed by atoms with Gasteiger partial charge in [0.05, 0.1) is 6.42 Å². The quantitative estimate of drug-likeness (QED) is 0.732. The number of Topliss-reactive ketones (excluding diaryl/α,β-unsaturated/α-hetero) is 1. The number of fused-ring (bicyclic) bond motifs is 1. The van der Waals surface area contributed by atoms with Gasteiger partial charge in [-0.05, 0) is 30.2 Å². The Morgan fingerprint density at radius 2 is 2.08 bits per heavy atom. The zero-order valence-electron chi connectivity index (χ0n) is 13.9. The Morgan fingerprint density at radius 3 is 2.84 bits per heavy atom. The molecule has 0 spiro atoms. The highest BCUT2D eigenvalue weighted by molar-refractivity contribution is 6.01. The lowest BCUT2D eigenvalue weighted by Gasteiger charge is -2.34. The van der Waals surface area contributed by atoms with Crippen molar-refractivity contribution in [3.05, 3.63) is 29.3 Å². The van der Waals surface area contributed by atoms with E-state index in [9.17, 15) is 19.2 Å². The fraction of sp³-hybridized carbons (Fsp3) is 0.412. The fourth-order valence-corrected chi connectivity index (χ4v) is 3.17. The molecule has 1 aromatic carbocycles. The van der Waals surface area contributed by atoms with Crippen molar-refractivity contribution in [2.24, 2.45) is 0 Å². The Hall–Kier alpha value is -2.90. The van der Waals surface area contributed by atoms with Crippen LogP contribution in [0.1, 0.15) is 28.8 Å². The zero-order valence-corrected chi connectivity index (χ0v) is 13.9. The van der Waals surface area contributed by atoms with Gasteiger partial charge in [-0.3, -0.25) is 14.4 Å². The SMILES string of the molecule is CNC(=O)CC1C(=O)NCCN1C(=O)Nc1ccc2c(c1)CCC2=O. The molecule has 0 radical (unpaired) electrons. The Morgan fingerprint density at radius 1 is 1.28 bits per heavy atom. The predicted octanol–water partition coefficient (Wildman–Crippen LogP) is 0.284. The second kappa shape index (κ2) is 6.92. The molecule has 1 atom stereocenters. The summed E-state index contributed by atoms with van der Waals surface area (Å²) in [4.78, 5) is 49.3. The number of amides is 4. The smallest absolute Gasteiger partial charge is 0.322 e. The molecule has 4 amide bonds. The number of ketones is 1. The van der Waals surface area contributed by atoms with Gasteiger partial charge in [0.25, 0.3) is 0 Å². The Labute approximate surface area is 144 Å². The third kappa shape index (κ3) is 3.47. The molecular weight excluding hydrogens is 324 g/mol. The van der Waals surface area contributed by atoms with Crippen molar-refractivity contribution in [2.75, 3.05) is 25.5 Å². The van der Waals surface area contributed by atoms with E-state index in [0.717, 1.165) is 5.56 Å². The van der Waals surface area contributed by atoms with Crippen molar-refractivity contribution >= 4 is 29.3 Å². The maximum absolute atomic E-state index is 12.6. The van der Waals surface area contributed by atoms with Crippen molar-refractivity contribution in [3.8, 4) is 0 Å². The summed E-state index contributed by atoms with van der Waals surface area (Å²) in [7, 11) is 1.49. The average molecular weight is 344 g/mol. The van der Waals surface area contributed by atoms with E-state index in [0.29, 0.717) is 37.2 Å². The van der Waals surface area contributed by atoms with E-state index in [2.05, 4.69) is 16.0 Å². The Kier molecular flexibility index (Phi) is 4.69. The number of aryl methyl sites for hydroxylation is 1. The fourth-order valence-electron chi connectivity index (χ4n) is 3.17. The summed E-state index contributed by atoms with van der Waals surface area (Å²) in [6.07, 6.45) is 1.07. The number of anilines is 1. The Balaban J connectivity index is 1.73. The maximum atomic E-state index is 12.6. The van der Waals surface area contributed by atoms with Gasteiger partial charge in [0.1, 0.15) is 6.04 Å². The van der Waals surface area contributed by atoms with Crippen molar-refractivity contribution in [2.45, 2.75) is 25.3 Å². The van der Waals surface area contributed by atoms with Gasteiger partial charge in [-0.1, -0.05) is 0 Å². The van der Waals surface area contributed by atoms with Crippen LogP contribution in [0.5, 0.6) is 0 Å². The second-order valence-electron chi connectivity index (χ2n) is 6.10. The molecule has 3 N–H and O–H groups in total. The summed E-state index contributed by atoms with van der Waals surface area (Å²) in [5, 5.41) is 7.90. The molecule has 1 unspecified atom stereocenters. The second-order valence-corrected chi connectivity index (χ2v) is 6.10. The van der Waals surface area contributed by atoms with E-state index in [1.165, 1.54) is 11.9 Å². The highest BCUT2D eigenvalue weighted by Gasteiger charge is 2.34. The lowest BCUT2D eigenvalue weighted by atomic mass is 10.1. The van der Waals surface area contributed by atoms with E-state index >= 15 is 0 Å². The molecule has 1 aromatic rings. The topological polar surface area (TPSA) is 108 Å². The number of nitrogens with one attached hydrogen (secondary N) is 3. The molecule has 1 heterocycles. The van der Waals surface area contributed by atoms with Crippen LogP contribution in [0.25, 0.3) is 0 Å². The van der Waals surface area contributed by atoms with Gasteiger partial charge in [0.2, 0.25) is 11.8 Å². The average Bonchev–Trinajstić information content (AvgIpc) is 2.97. The first-order valence-corrected chi connectivity index (χ1v) is 8.21. The van der Waals surface area contributed by atoms with Crippen molar-refractivity contribution < 1.29 is 19.2 Å². The largest absolute Gasteiger partial charge is 0.359 e. The molecule has 2 aliphatic rings. The molecule has 0 aromatic heterocycles. The monoisotopic (exact) mass is 344 g/mol. The van der Waals surface area contributed by atoms with Gasteiger partial charge in [-0.15, -0.1) is 0 Å². The predicted molar refractivity (Wildman–Crippen MR) is 90.3 cm³/mol. The summed E-state index contributed by atoms with van der Waals surface area (Å²) in [6.45, 7) is 0.665. The molecule has 1 saturated heterocycles. The zero-order chi connectivity index (χ0) is 18.0. The molecule has 25 heavy (non-hydrogen) atoms. The summed E-state index contributed by atoms with van der Waals surface area (Å²) in [5.41, 5.74) is 2.19. The summed E-state index contributed by atoms with van der Waals surface area (Å²) >= 11 is 0. The molecule has 1 fully saturated rings. The molecule has 0 bridgehead atoms. The van der Waals surface area contributed by atoms with Crippen LogP contribution in [0.2, 0.25) is 0 Å². The van der Waals surface area contributed by atoms with Crippen LogP contribution in [0, 0.1) is 0 Å². The summed E-state index contributed by atoms with van der Waals surface area (Å²) in [6, 6.07) is 3.90. The van der Waals surface area contributed by atoms with Gasteiger partial charge in [-0.2, -0.15) is 0 Å². The summed E-state index contributed by atoms with van der Waals surface area (Å²) < 4.78 is 0. The van der Waals surface area contributed by atoms with Gasteiger partial charge >= 0.3 is 6.03 Å². The van der Waals surface area contributed by atoms with E-state index in [-0.39, 0.29) is 24.0 Å². The minimum Gasteiger partial charge on any atom is -0.359 e. The van der Waals surface area contributed by atoms with Crippen LogP contribution in [-0.4, -0.2) is 54.7 Å². The van der Waals surface area contributed by atoms with Gasteiger partial charge in [0, 0.05) is 37.8 Å². The highest BCUT2D eigenvalue weighted by atomic mass is 16.2. The number of hydrogen-bond donors (Lipinski definition) is 3. The minimum absolute atomic E-state index is 0.0888. The van der Waals surface area contributed by atoms with Gasteiger partial charge < -0.3 is 20.9 Å². The third-order valence-corrected chi connectivity index (χ3v) is 4.53. The third-order valence-electron chi connectivity index (χ3n) is 4.53.